The van der Waals surface area contributed by atoms with Gasteiger partial charge in [0.2, 0.25) is 0 Å². The summed E-state index contributed by atoms with van der Waals surface area (Å²) in [5.74, 6) is 0. The summed E-state index contributed by atoms with van der Waals surface area (Å²) < 4.78 is 14.9. The van der Waals surface area contributed by atoms with E-state index in [1.807, 2.05) is 0 Å². The zero-order chi connectivity index (χ0) is 18.3. The molecule has 0 aromatic heterocycles. The number of methoxy groups -OCH3 is 1. The third-order valence-electron chi connectivity index (χ3n) is 4.82. The number of aliphatic hydroxyl groups is 8. The predicted molar refractivity (Wildman–Crippen MR) is 73.5 cm³/mol. The van der Waals surface area contributed by atoms with E-state index in [0.717, 1.165) is 7.11 Å². The second-order valence-electron chi connectivity index (χ2n) is 6.07. The Morgan fingerprint density at radius 2 is 1.54 bits per heavy atom. The summed E-state index contributed by atoms with van der Waals surface area (Å²) in [5.41, 5.74) is -5.62. The average molecular weight is 356 g/mol. The molecule has 2 saturated heterocycles. The molecule has 0 unspecified atom stereocenters. The van der Waals surface area contributed by atoms with Crippen molar-refractivity contribution in [2.24, 2.45) is 0 Å². The summed E-state index contributed by atoms with van der Waals surface area (Å²) in [6, 6.07) is 0. The monoisotopic (exact) mass is 356 g/mol. The Morgan fingerprint density at radius 3 is 2.04 bits per heavy atom. The Kier molecular flexibility index (Phi) is 5.84. The van der Waals surface area contributed by atoms with Crippen molar-refractivity contribution in [2.75, 3.05) is 26.9 Å². The van der Waals surface area contributed by atoms with Gasteiger partial charge >= 0.3 is 0 Å². The highest BCUT2D eigenvalue weighted by Gasteiger charge is 2.70. The van der Waals surface area contributed by atoms with E-state index in [2.05, 4.69) is 0 Å². The molecule has 11 nitrogen and oxygen atoms in total. The highest BCUT2D eigenvalue weighted by atomic mass is 16.7. The van der Waals surface area contributed by atoms with Gasteiger partial charge < -0.3 is 55.1 Å². The minimum Gasteiger partial charge on any atom is -0.394 e. The first-order valence-corrected chi connectivity index (χ1v) is 7.37. The van der Waals surface area contributed by atoms with Crippen molar-refractivity contribution < 1.29 is 55.1 Å². The van der Waals surface area contributed by atoms with E-state index in [1.54, 1.807) is 0 Å². The lowest BCUT2D eigenvalue weighted by atomic mass is 9.66. The fourth-order valence-corrected chi connectivity index (χ4v) is 3.24. The Bertz CT molecular complexity index is 418. The zero-order valence-electron chi connectivity index (χ0n) is 13.0. The molecule has 9 atom stereocenters. The maximum Gasteiger partial charge on any atom is 0.186 e. The van der Waals surface area contributed by atoms with Gasteiger partial charge in [0.15, 0.2) is 17.5 Å². The van der Waals surface area contributed by atoms with Gasteiger partial charge in [0.25, 0.3) is 0 Å². The van der Waals surface area contributed by atoms with Gasteiger partial charge in [-0.1, -0.05) is 0 Å². The molecule has 24 heavy (non-hydrogen) atoms. The van der Waals surface area contributed by atoms with Gasteiger partial charge in [-0.05, 0) is 0 Å². The molecule has 0 bridgehead atoms. The van der Waals surface area contributed by atoms with E-state index in [0.29, 0.717) is 0 Å². The number of hydrogen-bond donors (Lipinski definition) is 8. The molecule has 142 valence electrons. The standard InChI is InChI=1S/C13H24O11/c1-22-11-10(19)13(21,8(17)6(3-15)24-11)12(20)4-23-5(2-14)7(16)9(12)18/h5-11,14-21H,2-4H2,1H3/t5-,6-,7+,8-,9+,10-,11+,12-,13+/m1/s1. The largest absolute Gasteiger partial charge is 0.394 e. The van der Waals surface area contributed by atoms with Crippen LogP contribution in [0.15, 0.2) is 0 Å². The molecule has 0 spiro atoms. The summed E-state index contributed by atoms with van der Waals surface area (Å²) in [6.07, 6.45) is -12.2. The lowest BCUT2D eigenvalue weighted by Crippen LogP contribution is -2.82. The van der Waals surface area contributed by atoms with Crippen LogP contribution in [0.1, 0.15) is 0 Å². The average Bonchev–Trinajstić information content (AvgIpc) is 2.58. The molecular weight excluding hydrogens is 332 g/mol. The molecule has 0 aromatic carbocycles. The summed E-state index contributed by atoms with van der Waals surface area (Å²) in [7, 11) is 1.12. The van der Waals surface area contributed by atoms with Crippen LogP contribution in [0.2, 0.25) is 0 Å². The van der Waals surface area contributed by atoms with Crippen LogP contribution < -0.4 is 0 Å². The minimum absolute atomic E-state index is 0.666. The van der Waals surface area contributed by atoms with Crippen molar-refractivity contribution in [2.45, 2.75) is 54.1 Å². The highest BCUT2D eigenvalue weighted by Crippen LogP contribution is 2.43. The molecule has 0 saturated carbocycles. The lowest BCUT2D eigenvalue weighted by molar-refractivity contribution is -0.391. The van der Waals surface area contributed by atoms with Gasteiger partial charge in [0.05, 0.1) is 19.8 Å². The Morgan fingerprint density at radius 1 is 0.958 bits per heavy atom. The number of hydrogen-bond acceptors (Lipinski definition) is 11. The Labute approximate surface area is 137 Å². The zero-order valence-corrected chi connectivity index (χ0v) is 13.0. The van der Waals surface area contributed by atoms with Gasteiger partial charge in [-0.3, -0.25) is 0 Å². The first-order valence-electron chi connectivity index (χ1n) is 7.37. The van der Waals surface area contributed by atoms with Crippen LogP contribution in [-0.2, 0) is 14.2 Å². The van der Waals surface area contributed by atoms with Gasteiger partial charge in [0.1, 0.15) is 36.6 Å². The molecule has 2 aliphatic heterocycles. The minimum atomic E-state index is -2.87. The highest BCUT2D eigenvalue weighted by molar-refractivity contribution is 5.18. The Balaban J connectivity index is 2.44. The van der Waals surface area contributed by atoms with E-state index in [1.165, 1.54) is 0 Å². The maximum absolute atomic E-state index is 10.9. The normalized spacial score (nSPS) is 53.1. The number of ether oxygens (including phenoxy) is 3. The fourth-order valence-electron chi connectivity index (χ4n) is 3.24. The van der Waals surface area contributed by atoms with E-state index < -0.39 is 73.9 Å². The van der Waals surface area contributed by atoms with Gasteiger partial charge in [-0.25, -0.2) is 0 Å². The van der Waals surface area contributed by atoms with Gasteiger partial charge in [-0.2, -0.15) is 0 Å². The number of aliphatic hydroxyl groups excluding tert-OH is 6. The summed E-state index contributed by atoms with van der Waals surface area (Å²) in [5, 5.41) is 80.9. The van der Waals surface area contributed by atoms with Crippen LogP contribution in [0.25, 0.3) is 0 Å². The van der Waals surface area contributed by atoms with Crippen LogP contribution in [-0.4, -0.2) is 122 Å². The first kappa shape index (κ1) is 19.9. The summed E-state index contributed by atoms with van der Waals surface area (Å²) >= 11 is 0. The molecule has 2 aliphatic rings. The lowest BCUT2D eigenvalue weighted by Gasteiger charge is -2.57. The van der Waals surface area contributed by atoms with Gasteiger partial charge in [0, 0.05) is 7.11 Å². The SMILES string of the molecule is CO[C@H]1O[C@H](CO)[C@@H](O)[C@@](O)([C@@]2(O)CO[C@H](CO)[C@H](O)[C@@H]2O)[C@@H]1O. The van der Waals surface area contributed by atoms with E-state index in [-0.39, 0.29) is 0 Å². The molecule has 0 radical (unpaired) electrons. The number of rotatable bonds is 4. The molecule has 8 N–H and O–H groups in total. The van der Waals surface area contributed by atoms with Crippen molar-refractivity contribution in [3.8, 4) is 0 Å². The van der Waals surface area contributed by atoms with Crippen molar-refractivity contribution in [1.29, 1.82) is 0 Å². The second-order valence-corrected chi connectivity index (χ2v) is 6.07. The van der Waals surface area contributed by atoms with E-state index in [9.17, 15) is 35.7 Å². The summed E-state index contributed by atoms with van der Waals surface area (Å²) in [6.45, 7) is -2.28. The molecule has 0 aromatic rings. The van der Waals surface area contributed by atoms with Crippen LogP contribution in [0.4, 0.5) is 0 Å². The van der Waals surface area contributed by atoms with Gasteiger partial charge in [-0.15, -0.1) is 0 Å². The predicted octanol–water partition coefficient (Wildman–Crippen LogP) is -5.35. The van der Waals surface area contributed by atoms with Crippen LogP contribution >= 0.6 is 0 Å². The quantitative estimate of drug-likeness (QED) is 0.240. The molecule has 11 heteroatoms. The Hall–Kier alpha value is -0.440. The molecule has 2 rings (SSSR count). The van der Waals surface area contributed by atoms with Crippen LogP contribution in [0, 0.1) is 0 Å². The van der Waals surface area contributed by atoms with Crippen molar-refractivity contribution in [1.82, 2.24) is 0 Å². The van der Waals surface area contributed by atoms with Crippen LogP contribution in [0.5, 0.6) is 0 Å². The molecule has 0 amide bonds. The molecule has 2 heterocycles. The van der Waals surface area contributed by atoms with E-state index in [4.69, 9.17) is 19.3 Å². The van der Waals surface area contributed by atoms with E-state index >= 15 is 0 Å². The topological polar surface area (TPSA) is 190 Å². The van der Waals surface area contributed by atoms with Crippen molar-refractivity contribution >= 4 is 0 Å². The van der Waals surface area contributed by atoms with Crippen LogP contribution in [0.3, 0.4) is 0 Å². The maximum atomic E-state index is 10.9. The third-order valence-corrected chi connectivity index (χ3v) is 4.82. The second kappa shape index (κ2) is 7.05. The molecule has 0 aliphatic carbocycles. The summed E-state index contributed by atoms with van der Waals surface area (Å²) in [4.78, 5) is 0. The smallest absolute Gasteiger partial charge is 0.186 e. The fraction of sp³-hybridized carbons (Fsp3) is 1.00. The molecule has 2 fully saturated rings. The van der Waals surface area contributed by atoms with Crippen molar-refractivity contribution in [3.05, 3.63) is 0 Å². The van der Waals surface area contributed by atoms with Crippen molar-refractivity contribution in [3.63, 3.8) is 0 Å². The first-order chi connectivity index (χ1) is 11.2. The third kappa shape index (κ3) is 2.66. The molecular formula is C13H24O11.